The third-order valence-corrected chi connectivity index (χ3v) is 3.04. The Morgan fingerprint density at radius 3 is 2.47 bits per heavy atom. The summed E-state index contributed by atoms with van der Waals surface area (Å²) in [5.74, 6) is 1.17. The van der Waals surface area contributed by atoms with Crippen molar-refractivity contribution in [1.29, 1.82) is 0 Å². The fourth-order valence-corrected chi connectivity index (χ4v) is 1.94. The van der Waals surface area contributed by atoms with Crippen LogP contribution in [0.15, 0.2) is 12.1 Å². The monoisotopic (exact) mass is 264 g/mol. The molecule has 1 atom stereocenters. The number of anilines is 1. The summed E-state index contributed by atoms with van der Waals surface area (Å²) in [5, 5.41) is 11.0. The van der Waals surface area contributed by atoms with E-state index in [-0.39, 0.29) is 11.9 Å². The first-order chi connectivity index (χ1) is 8.95. The average Bonchev–Trinajstić information content (AvgIpc) is 2.37. The fraction of sp³-hybridized carbons (Fsp3) is 0.643. The van der Waals surface area contributed by atoms with E-state index < -0.39 is 0 Å². The molecular formula is C14H24N4O. The molecule has 0 saturated carbocycles. The van der Waals surface area contributed by atoms with Gasteiger partial charge in [0, 0.05) is 19.6 Å². The van der Waals surface area contributed by atoms with Gasteiger partial charge in [-0.05, 0) is 38.3 Å². The minimum absolute atomic E-state index is 0.0799. The Morgan fingerprint density at radius 2 is 2.00 bits per heavy atom. The minimum Gasteiger partial charge on any atom is -0.369 e. The van der Waals surface area contributed by atoms with Crippen molar-refractivity contribution in [2.45, 2.75) is 40.2 Å². The highest BCUT2D eigenvalue weighted by molar-refractivity contribution is 5.92. The average molecular weight is 264 g/mol. The lowest BCUT2D eigenvalue weighted by Gasteiger charge is -2.25. The quantitative estimate of drug-likeness (QED) is 0.857. The molecule has 0 aromatic carbocycles. The Bertz CT molecular complexity index is 402. The van der Waals surface area contributed by atoms with Gasteiger partial charge in [0.25, 0.3) is 5.91 Å². The number of hydrogen-bond donors (Lipinski definition) is 1. The second kappa shape index (κ2) is 7.07. The van der Waals surface area contributed by atoms with Gasteiger partial charge in [0.2, 0.25) is 0 Å². The second-order valence-corrected chi connectivity index (χ2v) is 5.23. The summed E-state index contributed by atoms with van der Waals surface area (Å²) in [6, 6.07) is 3.69. The molecule has 19 heavy (non-hydrogen) atoms. The number of amides is 1. The van der Waals surface area contributed by atoms with Crippen LogP contribution in [0.2, 0.25) is 0 Å². The molecule has 1 aromatic heterocycles. The maximum atomic E-state index is 12.2. The highest BCUT2D eigenvalue weighted by atomic mass is 16.2. The van der Waals surface area contributed by atoms with Crippen LogP contribution >= 0.6 is 0 Å². The van der Waals surface area contributed by atoms with Crippen LogP contribution in [0.4, 0.5) is 5.82 Å². The molecule has 0 aliphatic carbocycles. The van der Waals surface area contributed by atoms with E-state index in [0.717, 1.165) is 13.0 Å². The lowest BCUT2D eigenvalue weighted by molar-refractivity contribution is 0.0721. The topological polar surface area (TPSA) is 58.1 Å². The molecule has 1 aromatic rings. The highest BCUT2D eigenvalue weighted by Crippen LogP contribution is 2.12. The molecule has 1 heterocycles. The first-order valence-electron chi connectivity index (χ1n) is 6.80. The molecule has 0 saturated heterocycles. The fourth-order valence-electron chi connectivity index (χ4n) is 1.94. The molecular weight excluding hydrogens is 240 g/mol. The molecule has 5 nitrogen and oxygen atoms in total. The lowest BCUT2D eigenvalue weighted by atomic mass is 10.0. The van der Waals surface area contributed by atoms with Crippen LogP contribution in [0.5, 0.6) is 0 Å². The van der Waals surface area contributed by atoms with Gasteiger partial charge in [0.1, 0.15) is 5.82 Å². The maximum absolute atomic E-state index is 12.2. The van der Waals surface area contributed by atoms with E-state index in [0.29, 0.717) is 17.4 Å². The standard InChI is InChI=1S/C14H24N4O/c1-6-15-13-8-7-12(16-17-13)14(19)18(5)11(4)9-10(2)3/h7-8,10-11H,6,9H2,1-5H3,(H,15,17). The van der Waals surface area contributed by atoms with E-state index in [1.807, 2.05) is 14.0 Å². The summed E-state index contributed by atoms with van der Waals surface area (Å²) in [6.45, 7) is 9.13. The number of nitrogens with zero attached hydrogens (tertiary/aromatic N) is 3. The third-order valence-electron chi connectivity index (χ3n) is 3.04. The van der Waals surface area contributed by atoms with Crippen LogP contribution in [-0.2, 0) is 0 Å². The van der Waals surface area contributed by atoms with Crippen LogP contribution in [-0.4, -0.2) is 40.6 Å². The zero-order valence-corrected chi connectivity index (χ0v) is 12.5. The number of hydrogen-bond acceptors (Lipinski definition) is 4. The Hall–Kier alpha value is -1.65. The number of carbonyl (C=O) groups excluding carboxylic acids is 1. The van der Waals surface area contributed by atoms with Crippen molar-refractivity contribution in [2.75, 3.05) is 18.9 Å². The van der Waals surface area contributed by atoms with Crippen molar-refractivity contribution in [1.82, 2.24) is 15.1 Å². The Balaban J connectivity index is 2.70. The molecule has 1 N–H and O–H groups in total. The van der Waals surface area contributed by atoms with E-state index in [4.69, 9.17) is 0 Å². The number of carbonyl (C=O) groups is 1. The van der Waals surface area contributed by atoms with E-state index in [1.165, 1.54) is 0 Å². The largest absolute Gasteiger partial charge is 0.369 e. The van der Waals surface area contributed by atoms with Gasteiger partial charge in [-0.15, -0.1) is 10.2 Å². The van der Waals surface area contributed by atoms with Gasteiger partial charge in [-0.2, -0.15) is 0 Å². The number of aromatic nitrogens is 2. The first-order valence-corrected chi connectivity index (χ1v) is 6.80. The predicted molar refractivity (Wildman–Crippen MR) is 77.2 cm³/mol. The second-order valence-electron chi connectivity index (χ2n) is 5.23. The SMILES string of the molecule is CCNc1ccc(C(=O)N(C)C(C)CC(C)C)nn1. The van der Waals surface area contributed by atoms with Crippen molar-refractivity contribution in [3.63, 3.8) is 0 Å². The molecule has 5 heteroatoms. The van der Waals surface area contributed by atoms with Gasteiger partial charge in [-0.1, -0.05) is 13.8 Å². The third kappa shape index (κ3) is 4.50. The summed E-state index contributed by atoms with van der Waals surface area (Å²) in [5.41, 5.74) is 0.389. The molecule has 0 spiro atoms. The Kier molecular flexibility index (Phi) is 5.73. The highest BCUT2D eigenvalue weighted by Gasteiger charge is 2.19. The zero-order chi connectivity index (χ0) is 14.4. The maximum Gasteiger partial charge on any atom is 0.274 e. The summed E-state index contributed by atoms with van der Waals surface area (Å²) >= 11 is 0. The number of nitrogens with one attached hydrogen (secondary N) is 1. The van der Waals surface area contributed by atoms with Crippen molar-refractivity contribution in [3.05, 3.63) is 17.8 Å². The van der Waals surface area contributed by atoms with Crippen LogP contribution in [0, 0.1) is 5.92 Å². The smallest absolute Gasteiger partial charge is 0.274 e. The summed E-state index contributed by atoms with van der Waals surface area (Å²) in [6.07, 6.45) is 0.977. The van der Waals surface area contributed by atoms with Gasteiger partial charge in [-0.25, -0.2) is 0 Å². The predicted octanol–water partition coefficient (Wildman–Crippen LogP) is 2.42. The van der Waals surface area contributed by atoms with Crippen molar-refractivity contribution in [3.8, 4) is 0 Å². The van der Waals surface area contributed by atoms with Gasteiger partial charge >= 0.3 is 0 Å². The lowest BCUT2D eigenvalue weighted by Crippen LogP contribution is -2.36. The van der Waals surface area contributed by atoms with Crippen molar-refractivity contribution >= 4 is 11.7 Å². The Morgan fingerprint density at radius 1 is 1.32 bits per heavy atom. The number of rotatable bonds is 6. The molecule has 0 aliphatic heterocycles. The summed E-state index contributed by atoms with van der Waals surface area (Å²) < 4.78 is 0. The van der Waals surface area contributed by atoms with Crippen molar-refractivity contribution in [2.24, 2.45) is 5.92 Å². The van der Waals surface area contributed by atoms with E-state index in [9.17, 15) is 4.79 Å². The minimum atomic E-state index is -0.0799. The van der Waals surface area contributed by atoms with E-state index in [2.05, 4.69) is 36.3 Å². The molecule has 0 fully saturated rings. The van der Waals surface area contributed by atoms with Crippen LogP contribution in [0.3, 0.4) is 0 Å². The molecule has 0 radical (unpaired) electrons. The first kappa shape index (κ1) is 15.4. The van der Waals surface area contributed by atoms with Crippen LogP contribution in [0.1, 0.15) is 44.6 Å². The van der Waals surface area contributed by atoms with Gasteiger partial charge in [0.15, 0.2) is 5.69 Å². The molecule has 0 bridgehead atoms. The van der Waals surface area contributed by atoms with Crippen molar-refractivity contribution < 1.29 is 4.79 Å². The normalized spacial score (nSPS) is 12.3. The molecule has 0 aliphatic rings. The zero-order valence-electron chi connectivity index (χ0n) is 12.5. The molecule has 1 amide bonds. The molecule has 106 valence electrons. The van der Waals surface area contributed by atoms with E-state index in [1.54, 1.807) is 17.0 Å². The molecule has 1 unspecified atom stereocenters. The van der Waals surface area contributed by atoms with Crippen LogP contribution < -0.4 is 5.32 Å². The summed E-state index contributed by atoms with van der Waals surface area (Å²) in [4.78, 5) is 14.0. The summed E-state index contributed by atoms with van der Waals surface area (Å²) in [7, 11) is 1.81. The Labute approximate surface area is 115 Å². The van der Waals surface area contributed by atoms with Gasteiger partial charge in [-0.3, -0.25) is 4.79 Å². The van der Waals surface area contributed by atoms with Gasteiger partial charge in [0.05, 0.1) is 0 Å². The van der Waals surface area contributed by atoms with Crippen LogP contribution in [0.25, 0.3) is 0 Å². The van der Waals surface area contributed by atoms with Gasteiger partial charge < -0.3 is 10.2 Å². The molecule has 1 rings (SSSR count). The van der Waals surface area contributed by atoms with E-state index >= 15 is 0 Å².